The van der Waals surface area contributed by atoms with E-state index in [0.717, 1.165) is 22.5 Å². The minimum atomic E-state index is -0.315. The van der Waals surface area contributed by atoms with Gasteiger partial charge in [-0.15, -0.1) is 0 Å². The normalized spacial score (nSPS) is 10.5. The third-order valence-corrected chi connectivity index (χ3v) is 4.04. The number of amides is 2. The fourth-order valence-corrected chi connectivity index (χ4v) is 2.65. The average molecular weight is 349 g/mol. The number of aromatic nitrogens is 2. The van der Waals surface area contributed by atoms with Crippen molar-refractivity contribution in [3.05, 3.63) is 45.7 Å². The van der Waals surface area contributed by atoms with Crippen molar-refractivity contribution >= 4 is 29.1 Å². The van der Waals surface area contributed by atoms with Gasteiger partial charge in [0.1, 0.15) is 0 Å². The Morgan fingerprint density at radius 1 is 1.21 bits per heavy atom. The number of hydrogen-bond donors (Lipinski definition) is 3. The molecule has 0 bridgehead atoms. The van der Waals surface area contributed by atoms with Crippen molar-refractivity contribution in [2.24, 2.45) is 0 Å². The van der Waals surface area contributed by atoms with E-state index < -0.39 is 0 Å². The van der Waals surface area contributed by atoms with E-state index in [0.29, 0.717) is 23.6 Å². The van der Waals surface area contributed by atoms with Crippen LogP contribution >= 0.6 is 11.6 Å². The summed E-state index contributed by atoms with van der Waals surface area (Å²) in [5.41, 5.74) is 4.45. The van der Waals surface area contributed by atoms with Gasteiger partial charge in [0.05, 0.1) is 22.9 Å². The lowest BCUT2D eigenvalue weighted by atomic mass is 10.1. The largest absolute Gasteiger partial charge is 0.347 e. The Morgan fingerprint density at radius 3 is 2.58 bits per heavy atom. The molecule has 0 aliphatic rings. The second kappa shape index (κ2) is 7.97. The first-order valence-electron chi connectivity index (χ1n) is 7.70. The van der Waals surface area contributed by atoms with Gasteiger partial charge in [0.25, 0.3) is 0 Å². The molecule has 2 rings (SSSR count). The molecule has 0 aliphatic carbocycles. The molecule has 0 saturated carbocycles. The molecule has 1 aromatic carbocycles. The lowest BCUT2D eigenvalue weighted by Gasteiger charge is -2.09. The lowest BCUT2D eigenvalue weighted by Crippen LogP contribution is -2.33. The molecule has 24 heavy (non-hydrogen) atoms. The molecule has 0 spiro atoms. The molecule has 0 saturated heterocycles. The van der Waals surface area contributed by atoms with Crippen LogP contribution in [-0.2, 0) is 16.0 Å². The topological polar surface area (TPSA) is 86.9 Å². The van der Waals surface area contributed by atoms with Crippen LogP contribution in [0.4, 0.5) is 5.69 Å². The molecule has 0 radical (unpaired) electrons. The summed E-state index contributed by atoms with van der Waals surface area (Å²) >= 11 is 6.06. The Hall–Kier alpha value is -2.34. The minimum absolute atomic E-state index is 0.0909. The fraction of sp³-hybridized carbons (Fsp3) is 0.353. The van der Waals surface area contributed by atoms with Crippen molar-refractivity contribution in [2.45, 2.75) is 33.6 Å². The summed E-state index contributed by atoms with van der Waals surface area (Å²) in [6.07, 6.45) is 0.894. The number of aromatic amines is 1. The molecule has 128 valence electrons. The molecule has 0 fully saturated rings. The van der Waals surface area contributed by atoms with Crippen molar-refractivity contribution in [3.63, 3.8) is 0 Å². The molecular weight excluding hydrogens is 328 g/mol. The van der Waals surface area contributed by atoms with E-state index in [1.807, 2.05) is 26.8 Å². The summed E-state index contributed by atoms with van der Waals surface area (Å²) in [7, 11) is 0. The number of rotatable bonds is 6. The molecule has 6 nitrogen and oxygen atoms in total. The van der Waals surface area contributed by atoms with Crippen LogP contribution in [0.5, 0.6) is 0 Å². The maximum atomic E-state index is 11.9. The maximum Gasteiger partial charge on any atom is 0.243 e. The highest BCUT2D eigenvalue weighted by Gasteiger charge is 2.11. The summed E-state index contributed by atoms with van der Waals surface area (Å²) < 4.78 is 0. The minimum Gasteiger partial charge on any atom is -0.347 e. The molecule has 1 heterocycles. The molecule has 0 atom stereocenters. The van der Waals surface area contributed by atoms with Gasteiger partial charge in [0.2, 0.25) is 11.8 Å². The molecule has 1 aromatic heterocycles. The summed E-state index contributed by atoms with van der Waals surface area (Å²) in [5, 5.41) is 12.7. The number of nitrogens with zero attached hydrogens (tertiary/aromatic N) is 1. The predicted octanol–water partition coefficient (Wildman–Crippen LogP) is 2.68. The Bertz CT molecular complexity index is 736. The summed E-state index contributed by atoms with van der Waals surface area (Å²) in [5.74, 6) is -0.495. The number of carbonyl (C=O) groups is 2. The lowest BCUT2D eigenvalue weighted by molar-refractivity contribution is -0.124. The first-order chi connectivity index (χ1) is 11.4. The van der Waals surface area contributed by atoms with Gasteiger partial charge >= 0.3 is 0 Å². The highest BCUT2D eigenvalue weighted by molar-refractivity contribution is 6.33. The van der Waals surface area contributed by atoms with Gasteiger partial charge in [-0.1, -0.05) is 17.7 Å². The molecule has 0 aliphatic heterocycles. The van der Waals surface area contributed by atoms with Crippen molar-refractivity contribution < 1.29 is 9.59 Å². The van der Waals surface area contributed by atoms with Gasteiger partial charge in [-0.25, -0.2) is 0 Å². The number of nitrogens with one attached hydrogen (secondary N) is 3. The smallest absolute Gasteiger partial charge is 0.243 e. The fourth-order valence-electron chi connectivity index (χ4n) is 2.36. The van der Waals surface area contributed by atoms with Crippen LogP contribution in [0.1, 0.15) is 28.9 Å². The van der Waals surface area contributed by atoms with Crippen molar-refractivity contribution in [1.29, 1.82) is 0 Å². The van der Waals surface area contributed by atoms with Gasteiger partial charge in [-0.05, 0) is 50.5 Å². The SMILES string of the molecule is Cc1ccc(NC(=O)CNC(=O)CCc2c(C)n[nH]c2C)c(Cl)c1. The van der Waals surface area contributed by atoms with E-state index in [1.165, 1.54) is 0 Å². The molecule has 2 aromatic rings. The van der Waals surface area contributed by atoms with Gasteiger partial charge in [-0.3, -0.25) is 14.7 Å². The molecular formula is C17H21ClN4O2. The molecule has 3 N–H and O–H groups in total. The number of hydrogen-bond acceptors (Lipinski definition) is 3. The second-order valence-electron chi connectivity index (χ2n) is 5.72. The van der Waals surface area contributed by atoms with E-state index in [-0.39, 0.29) is 18.4 Å². The van der Waals surface area contributed by atoms with Crippen LogP contribution < -0.4 is 10.6 Å². The Morgan fingerprint density at radius 2 is 1.96 bits per heavy atom. The van der Waals surface area contributed by atoms with Gasteiger partial charge in [0.15, 0.2) is 0 Å². The quantitative estimate of drug-likeness (QED) is 0.750. The molecule has 2 amide bonds. The van der Waals surface area contributed by atoms with Crippen LogP contribution in [0.3, 0.4) is 0 Å². The van der Waals surface area contributed by atoms with E-state index in [4.69, 9.17) is 11.6 Å². The summed E-state index contributed by atoms with van der Waals surface area (Å²) in [6, 6.07) is 5.36. The van der Waals surface area contributed by atoms with Crippen LogP contribution in [0.2, 0.25) is 5.02 Å². The van der Waals surface area contributed by atoms with E-state index in [9.17, 15) is 9.59 Å². The number of aryl methyl sites for hydroxylation is 3. The van der Waals surface area contributed by atoms with Crippen molar-refractivity contribution in [3.8, 4) is 0 Å². The number of anilines is 1. The van der Waals surface area contributed by atoms with Gasteiger partial charge in [0, 0.05) is 12.1 Å². The summed E-state index contributed by atoms with van der Waals surface area (Å²) in [4.78, 5) is 23.8. The summed E-state index contributed by atoms with van der Waals surface area (Å²) in [6.45, 7) is 5.65. The zero-order valence-corrected chi connectivity index (χ0v) is 14.8. The van der Waals surface area contributed by atoms with Crippen LogP contribution in [0.25, 0.3) is 0 Å². The Balaban J connectivity index is 1.78. The van der Waals surface area contributed by atoms with Crippen LogP contribution in [0, 0.1) is 20.8 Å². The van der Waals surface area contributed by atoms with E-state index >= 15 is 0 Å². The maximum absolute atomic E-state index is 11.9. The average Bonchev–Trinajstić information content (AvgIpc) is 2.84. The number of halogens is 1. The first-order valence-corrected chi connectivity index (χ1v) is 8.07. The Labute approximate surface area is 146 Å². The zero-order chi connectivity index (χ0) is 17.7. The monoisotopic (exact) mass is 348 g/mol. The van der Waals surface area contributed by atoms with Gasteiger partial charge in [-0.2, -0.15) is 5.10 Å². The predicted molar refractivity (Wildman–Crippen MR) is 94.2 cm³/mol. The van der Waals surface area contributed by atoms with Crippen LogP contribution in [0.15, 0.2) is 18.2 Å². The third-order valence-electron chi connectivity index (χ3n) is 3.73. The van der Waals surface area contributed by atoms with Crippen molar-refractivity contribution in [2.75, 3.05) is 11.9 Å². The molecule has 7 heteroatoms. The molecule has 0 unspecified atom stereocenters. The first kappa shape index (κ1) is 18.0. The highest BCUT2D eigenvalue weighted by atomic mass is 35.5. The number of carbonyl (C=O) groups excluding carboxylic acids is 2. The van der Waals surface area contributed by atoms with E-state index in [1.54, 1.807) is 12.1 Å². The Kier molecular flexibility index (Phi) is 5.98. The van der Waals surface area contributed by atoms with E-state index in [2.05, 4.69) is 20.8 Å². The van der Waals surface area contributed by atoms with Crippen LogP contribution in [-0.4, -0.2) is 28.6 Å². The van der Waals surface area contributed by atoms with Crippen molar-refractivity contribution in [1.82, 2.24) is 15.5 Å². The number of H-pyrrole nitrogens is 1. The highest BCUT2D eigenvalue weighted by Crippen LogP contribution is 2.22. The second-order valence-corrected chi connectivity index (χ2v) is 6.13. The third kappa shape index (κ3) is 4.83. The number of benzene rings is 1. The van der Waals surface area contributed by atoms with Gasteiger partial charge < -0.3 is 10.6 Å². The zero-order valence-electron chi connectivity index (χ0n) is 14.0. The standard InChI is InChI=1S/C17H21ClN4O2/c1-10-4-6-15(14(18)8-10)20-17(24)9-19-16(23)7-5-13-11(2)21-22-12(13)3/h4,6,8H,5,7,9H2,1-3H3,(H,19,23)(H,20,24)(H,21,22).